The van der Waals surface area contributed by atoms with Crippen molar-refractivity contribution < 1.29 is 4.79 Å². The maximum atomic E-state index is 8.35. The predicted octanol–water partition coefficient (Wildman–Crippen LogP) is 1.29. The summed E-state index contributed by atoms with van der Waals surface area (Å²) in [6.07, 6.45) is 4.32. The van der Waals surface area contributed by atoms with Gasteiger partial charge in [-0.3, -0.25) is 4.98 Å². The third-order valence-corrected chi connectivity index (χ3v) is 0.847. The van der Waals surface area contributed by atoms with E-state index in [1.54, 1.807) is 12.4 Å². The van der Waals surface area contributed by atoms with Crippen molar-refractivity contribution in [3.63, 3.8) is 0 Å². The van der Waals surface area contributed by atoms with Crippen molar-refractivity contribution in [2.45, 2.75) is 6.92 Å². The van der Waals surface area contributed by atoms with Gasteiger partial charge in [0.25, 0.3) is 0 Å². The Labute approximate surface area is 59.2 Å². The normalized spacial score (nSPS) is 6.90. The molecule has 0 aromatic carbocycles. The molecule has 10 heavy (non-hydrogen) atoms. The highest BCUT2D eigenvalue weighted by atomic mass is 16.1. The van der Waals surface area contributed by atoms with Crippen molar-refractivity contribution in [3.05, 3.63) is 30.1 Å². The molecule has 0 saturated heterocycles. The summed E-state index contributed by atoms with van der Waals surface area (Å²) in [4.78, 5) is 12.2. The molecule has 0 unspecified atom stereocenters. The minimum Gasteiger partial charge on any atom is -0.265 e. The minimum atomic E-state index is 0.750. The van der Waals surface area contributed by atoms with E-state index in [1.807, 2.05) is 19.1 Å². The first-order valence-electron chi connectivity index (χ1n) is 2.71. The van der Waals surface area contributed by atoms with Crippen LogP contribution >= 0.6 is 0 Å². The zero-order chi connectivity index (χ0) is 7.82. The fraction of sp³-hybridized carbons (Fsp3) is 0.143. The Morgan fingerprint density at radius 2 is 1.90 bits per heavy atom. The minimum absolute atomic E-state index is 0.750. The van der Waals surface area contributed by atoms with Crippen molar-refractivity contribution in [3.8, 4) is 0 Å². The van der Waals surface area contributed by atoms with Crippen LogP contribution in [-0.4, -0.2) is 11.1 Å². The Morgan fingerprint density at radius 1 is 1.50 bits per heavy atom. The topological polar surface area (TPSA) is 53.8 Å². The van der Waals surface area contributed by atoms with E-state index in [-0.39, 0.29) is 0 Å². The van der Waals surface area contributed by atoms with Gasteiger partial charge in [0, 0.05) is 12.4 Å². The lowest BCUT2D eigenvalue weighted by atomic mass is 10.3. The van der Waals surface area contributed by atoms with Crippen LogP contribution in [0.5, 0.6) is 0 Å². The van der Waals surface area contributed by atoms with Crippen molar-refractivity contribution in [2.75, 3.05) is 0 Å². The van der Waals surface area contributed by atoms with E-state index in [2.05, 4.69) is 4.98 Å². The summed E-state index contributed by atoms with van der Waals surface area (Å²) >= 11 is 0. The molecular formula is C7H8N2O. The summed E-state index contributed by atoms with van der Waals surface area (Å²) in [6, 6.07) is 3.94. The van der Waals surface area contributed by atoms with Crippen molar-refractivity contribution >= 4 is 6.08 Å². The number of aryl methyl sites for hydroxylation is 1. The zero-order valence-electron chi connectivity index (χ0n) is 5.66. The number of nitrogens with zero attached hydrogens (tertiary/aromatic N) is 1. The second-order valence-corrected chi connectivity index (χ2v) is 1.63. The lowest BCUT2D eigenvalue weighted by Crippen LogP contribution is -1.68. The molecule has 3 nitrogen and oxygen atoms in total. The highest BCUT2D eigenvalue weighted by Gasteiger charge is 1.72. The van der Waals surface area contributed by atoms with E-state index in [0.29, 0.717) is 0 Å². The molecule has 1 N–H and O–H groups in total. The van der Waals surface area contributed by atoms with Gasteiger partial charge in [-0.25, -0.2) is 10.2 Å². The van der Waals surface area contributed by atoms with Crippen LogP contribution < -0.4 is 0 Å². The third kappa shape index (κ3) is 4.68. The summed E-state index contributed by atoms with van der Waals surface area (Å²) in [6.45, 7) is 2.04. The van der Waals surface area contributed by atoms with E-state index in [0.717, 1.165) is 6.08 Å². The number of nitrogens with one attached hydrogen (secondary N) is 1. The molecule has 1 heterocycles. The Hall–Kier alpha value is -1.47. The highest BCUT2D eigenvalue weighted by Crippen LogP contribution is 1.88. The molecule has 0 aliphatic heterocycles. The van der Waals surface area contributed by atoms with Crippen LogP contribution in [0.15, 0.2) is 24.5 Å². The molecule has 0 amide bonds. The second-order valence-electron chi connectivity index (χ2n) is 1.63. The second kappa shape index (κ2) is 5.66. The summed E-state index contributed by atoms with van der Waals surface area (Å²) in [7, 11) is 0. The van der Waals surface area contributed by atoms with Gasteiger partial charge in [-0.15, -0.1) is 0 Å². The highest BCUT2D eigenvalue weighted by molar-refractivity contribution is 5.26. The Balaban J connectivity index is 0.000000236. The quantitative estimate of drug-likeness (QED) is 0.431. The van der Waals surface area contributed by atoms with Crippen LogP contribution in [0.2, 0.25) is 0 Å². The van der Waals surface area contributed by atoms with Gasteiger partial charge in [0.2, 0.25) is 6.08 Å². The molecule has 0 radical (unpaired) electrons. The molecule has 0 fully saturated rings. The molecule has 1 aromatic heterocycles. The Morgan fingerprint density at radius 3 is 2.10 bits per heavy atom. The van der Waals surface area contributed by atoms with Crippen molar-refractivity contribution in [1.82, 2.24) is 4.98 Å². The summed E-state index contributed by atoms with van der Waals surface area (Å²) in [5, 5.41) is 5.40. The Kier molecular flexibility index (Phi) is 4.83. The molecule has 1 aromatic rings. The number of pyridine rings is 1. The molecular weight excluding hydrogens is 128 g/mol. The number of carbonyl (C=O) groups excluding carboxylic acids is 1. The number of hydrogen-bond acceptors (Lipinski definition) is 3. The van der Waals surface area contributed by atoms with Gasteiger partial charge in [0.15, 0.2) is 0 Å². The average Bonchev–Trinajstić information content (AvgIpc) is 1.91. The van der Waals surface area contributed by atoms with Gasteiger partial charge < -0.3 is 0 Å². The fourth-order valence-electron chi connectivity index (χ4n) is 0.426. The summed E-state index contributed by atoms with van der Waals surface area (Å²) in [5.41, 5.74) is 1.26. The fourth-order valence-corrected chi connectivity index (χ4v) is 0.426. The van der Waals surface area contributed by atoms with Crippen molar-refractivity contribution in [1.29, 1.82) is 5.41 Å². The van der Waals surface area contributed by atoms with Gasteiger partial charge in [-0.1, -0.05) is 0 Å². The van der Waals surface area contributed by atoms with Crippen molar-refractivity contribution in [2.24, 2.45) is 0 Å². The van der Waals surface area contributed by atoms with E-state index < -0.39 is 0 Å². The van der Waals surface area contributed by atoms with Gasteiger partial charge >= 0.3 is 0 Å². The first kappa shape index (κ1) is 8.53. The maximum absolute atomic E-state index is 8.35. The smallest absolute Gasteiger partial charge is 0.231 e. The maximum Gasteiger partial charge on any atom is 0.231 e. The lowest BCUT2D eigenvalue weighted by molar-refractivity contribution is 0.563. The first-order chi connectivity index (χ1) is 4.81. The Bertz CT molecular complexity index is 202. The van der Waals surface area contributed by atoms with Gasteiger partial charge in [0.1, 0.15) is 0 Å². The van der Waals surface area contributed by atoms with Gasteiger partial charge in [0.05, 0.1) is 0 Å². The standard InChI is InChI=1S/C6H7N.CHNO/c1-6-2-4-7-5-3-6;2-1-3/h2-5H,1H3;2H. The van der Waals surface area contributed by atoms with Gasteiger partial charge in [-0.2, -0.15) is 0 Å². The average molecular weight is 136 g/mol. The largest absolute Gasteiger partial charge is 0.265 e. The SMILES string of the molecule is Cc1ccncc1.N=C=O. The first-order valence-corrected chi connectivity index (χ1v) is 2.71. The van der Waals surface area contributed by atoms with Crippen LogP contribution in [0.4, 0.5) is 0 Å². The number of hydrogen-bond donors (Lipinski definition) is 1. The van der Waals surface area contributed by atoms with E-state index in [4.69, 9.17) is 10.2 Å². The molecule has 0 atom stereocenters. The lowest BCUT2D eigenvalue weighted by Gasteiger charge is -1.82. The van der Waals surface area contributed by atoms with Crippen LogP contribution in [0.25, 0.3) is 0 Å². The van der Waals surface area contributed by atoms with Gasteiger partial charge in [-0.05, 0) is 24.6 Å². The van der Waals surface area contributed by atoms with Crippen LogP contribution in [0.3, 0.4) is 0 Å². The molecule has 0 spiro atoms. The number of isocyanates is 1. The number of rotatable bonds is 0. The zero-order valence-corrected chi connectivity index (χ0v) is 5.66. The molecule has 52 valence electrons. The van der Waals surface area contributed by atoms with Crippen LogP contribution in [0.1, 0.15) is 5.56 Å². The molecule has 0 aliphatic rings. The predicted molar refractivity (Wildman–Crippen MR) is 37.4 cm³/mol. The number of aromatic nitrogens is 1. The molecule has 0 aliphatic carbocycles. The van der Waals surface area contributed by atoms with Crippen LogP contribution in [-0.2, 0) is 4.79 Å². The summed E-state index contributed by atoms with van der Waals surface area (Å²) in [5.74, 6) is 0. The van der Waals surface area contributed by atoms with E-state index in [9.17, 15) is 0 Å². The molecule has 0 bridgehead atoms. The molecule has 3 heteroatoms. The molecule has 1 rings (SSSR count). The van der Waals surface area contributed by atoms with E-state index in [1.165, 1.54) is 5.56 Å². The van der Waals surface area contributed by atoms with E-state index >= 15 is 0 Å². The third-order valence-electron chi connectivity index (χ3n) is 0.847. The summed E-state index contributed by atoms with van der Waals surface area (Å²) < 4.78 is 0. The monoisotopic (exact) mass is 136 g/mol. The molecule has 0 saturated carbocycles. The van der Waals surface area contributed by atoms with Crippen LogP contribution in [0, 0.1) is 12.3 Å².